The Kier molecular flexibility index (Phi) is 3.00. The molecule has 4 nitrogen and oxygen atoms in total. The summed E-state index contributed by atoms with van der Waals surface area (Å²) in [5, 5.41) is 13.0. The van der Waals surface area contributed by atoms with Crippen molar-refractivity contribution in [1.82, 2.24) is 9.97 Å². The molecule has 2 aliphatic carbocycles. The number of rotatable bonds is 1. The van der Waals surface area contributed by atoms with Gasteiger partial charge in [-0.2, -0.15) is 5.26 Å². The molecule has 2 fully saturated rings. The summed E-state index contributed by atoms with van der Waals surface area (Å²) in [6.07, 6.45) is 5.59. The Labute approximate surface area is 156 Å². The Morgan fingerprint density at radius 2 is 2.04 bits per heavy atom. The largest absolute Gasteiger partial charge is 0.378 e. The lowest BCUT2D eigenvalue weighted by molar-refractivity contribution is 0.248. The van der Waals surface area contributed by atoms with Crippen LogP contribution in [0, 0.1) is 34.9 Å². The van der Waals surface area contributed by atoms with Gasteiger partial charge in [-0.05, 0) is 72.8 Å². The number of anilines is 1. The molecular weight excluding hydrogens is 339 g/mol. The van der Waals surface area contributed by atoms with E-state index in [4.69, 9.17) is 0 Å². The SMILES string of the molecule is N#Cc1cc([C@@H]2Nc3ccc4[nH]cnc4c3[C@H]3C4CCC(C4)[C@@H]23)ccc1F. The first-order valence-electron chi connectivity index (χ1n) is 9.66. The minimum absolute atomic E-state index is 0.113. The number of hydrogen-bond donors (Lipinski definition) is 2. The van der Waals surface area contributed by atoms with E-state index in [-0.39, 0.29) is 11.6 Å². The van der Waals surface area contributed by atoms with Gasteiger partial charge in [0.1, 0.15) is 11.9 Å². The molecule has 2 heterocycles. The van der Waals surface area contributed by atoms with Crippen molar-refractivity contribution < 1.29 is 4.39 Å². The van der Waals surface area contributed by atoms with Crippen LogP contribution in [0.4, 0.5) is 10.1 Å². The van der Waals surface area contributed by atoms with Crippen molar-refractivity contribution in [3.05, 3.63) is 59.2 Å². The van der Waals surface area contributed by atoms with Crippen molar-refractivity contribution in [1.29, 1.82) is 5.26 Å². The Morgan fingerprint density at radius 1 is 1.15 bits per heavy atom. The van der Waals surface area contributed by atoms with Crippen molar-refractivity contribution in [2.75, 3.05) is 5.32 Å². The summed E-state index contributed by atoms with van der Waals surface area (Å²) in [5.74, 6) is 1.88. The summed E-state index contributed by atoms with van der Waals surface area (Å²) < 4.78 is 13.9. The van der Waals surface area contributed by atoms with Crippen LogP contribution < -0.4 is 5.32 Å². The smallest absolute Gasteiger partial charge is 0.140 e. The van der Waals surface area contributed by atoms with Gasteiger partial charge >= 0.3 is 0 Å². The highest BCUT2D eigenvalue weighted by Gasteiger charge is 2.54. The first kappa shape index (κ1) is 15.2. The maximum absolute atomic E-state index is 13.9. The number of nitrogens with one attached hydrogen (secondary N) is 2. The zero-order chi connectivity index (χ0) is 18.1. The van der Waals surface area contributed by atoms with E-state index in [1.807, 2.05) is 12.1 Å². The van der Waals surface area contributed by atoms with Gasteiger partial charge in [-0.25, -0.2) is 9.37 Å². The van der Waals surface area contributed by atoms with Crippen molar-refractivity contribution >= 4 is 16.7 Å². The number of nitrogens with zero attached hydrogens (tertiary/aromatic N) is 2. The van der Waals surface area contributed by atoms with Crippen LogP contribution in [0.15, 0.2) is 36.7 Å². The number of fused-ring (bicyclic) bond motifs is 9. The average molecular weight is 358 g/mol. The van der Waals surface area contributed by atoms with Gasteiger partial charge in [0.2, 0.25) is 0 Å². The van der Waals surface area contributed by atoms with Crippen molar-refractivity contribution in [2.45, 2.75) is 31.2 Å². The van der Waals surface area contributed by atoms with Crippen LogP contribution in [0.25, 0.3) is 11.0 Å². The lowest BCUT2D eigenvalue weighted by atomic mass is 9.67. The predicted octanol–water partition coefficient (Wildman–Crippen LogP) is 4.87. The zero-order valence-electron chi connectivity index (χ0n) is 14.7. The van der Waals surface area contributed by atoms with E-state index >= 15 is 0 Å². The molecule has 2 N–H and O–H groups in total. The fourth-order valence-electron chi connectivity index (χ4n) is 6.13. The molecule has 134 valence electrons. The summed E-state index contributed by atoms with van der Waals surface area (Å²) in [4.78, 5) is 7.87. The number of H-pyrrole nitrogens is 1. The normalized spacial score (nSPS) is 30.6. The molecule has 2 aromatic carbocycles. The highest BCUT2D eigenvalue weighted by atomic mass is 19.1. The van der Waals surface area contributed by atoms with E-state index in [0.717, 1.165) is 22.3 Å². The molecule has 2 bridgehead atoms. The van der Waals surface area contributed by atoms with Crippen molar-refractivity contribution in [2.24, 2.45) is 17.8 Å². The molecule has 27 heavy (non-hydrogen) atoms. The van der Waals surface area contributed by atoms with E-state index in [1.54, 1.807) is 12.4 Å². The molecule has 0 saturated heterocycles. The second-order valence-corrected chi connectivity index (χ2v) is 8.23. The standard InChI is InChI=1S/C22H19FN4/c23-15-4-3-13(8-14(15)9-24)21-19-12-2-1-11(7-12)18(19)20-16(27-21)5-6-17-22(20)26-10-25-17/h3-6,8,10-12,18-19,21,27H,1-2,7H2,(H,25,26)/t11?,12?,18-,19+,21-/m0/s1. The van der Waals surface area contributed by atoms with Gasteiger partial charge in [0.05, 0.1) is 29.0 Å². The molecule has 2 unspecified atom stereocenters. The molecular formula is C22H19FN4. The van der Waals surface area contributed by atoms with Gasteiger partial charge in [-0.3, -0.25) is 0 Å². The molecule has 5 heteroatoms. The van der Waals surface area contributed by atoms with Crippen LogP contribution in [0.5, 0.6) is 0 Å². The van der Waals surface area contributed by atoms with Crippen LogP contribution in [0.1, 0.15) is 47.9 Å². The van der Waals surface area contributed by atoms with Crippen LogP contribution in [-0.2, 0) is 0 Å². The van der Waals surface area contributed by atoms with E-state index in [9.17, 15) is 9.65 Å². The minimum atomic E-state index is -0.444. The first-order valence-corrected chi connectivity index (χ1v) is 9.66. The molecule has 0 spiro atoms. The molecule has 3 aromatic rings. The molecule has 1 aromatic heterocycles. The molecule has 0 amide bonds. The second-order valence-electron chi connectivity index (χ2n) is 8.23. The molecule has 5 atom stereocenters. The van der Waals surface area contributed by atoms with E-state index in [2.05, 4.69) is 27.4 Å². The summed E-state index contributed by atoms with van der Waals surface area (Å²) >= 11 is 0. The van der Waals surface area contributed by atoms with E-state index < -0.39 is 5.82 Å². The topological polar surface area (TPSA) is 64.5 Å². The maximum Gasteiger partial charge on any atom is 0.140 e. The van der Waals surface area contributed by atoms with E-state index in [0.29, 0.717) is 23.7 Å². The Morgan fingerprint density at radius 3 is 2.93 bits per heavy atom. The number of aromatic nitrogens is 2. The molecule has 3 aliphatic rings. The Hall–Kier alpha value is -2.87. The Balaban J connectivity index is 1.55. The van der Waals surface area contributed by atoms with Gasteiger partial charge in [-0.1, -0.05) is 6.07 Å². The van der Waals surface area contributed by atoms with Gasteiger partial charge in [-0.15, -0.1) is 0 Å². The number of imidazole rings is 1. The number of halogens is 1. The maximum atomic E-state index is 13.9. The second kappa shape index (κ2) is 5.32. The average Bonchev–Trinajstić information content (AvgIpc) is 3.43. The van der Waals surface area contributed by atoms with Gasteiger partial charge in [0, 0.05) is 11.3 Å². The first-order chi connectivity index (χ1) is 13.2. The third kappa shape index (κ3) is 1.98. The highest BCUT2D eigenvalue weighted by Crippen LogP contribution is 2.64. The van der Waals surface area contributed by atoms with Gasteiger partial charge in [0.25, 0.3) is 0 Å². The quantitative estimate of drug-likeness (QED) is 0.652. The lowest BCUT2D eigenvalue weighted by Crippen LogP contribution is -2.35. The monoisotopic (exact) mass is 358 g/mol. The van der Waals surface area contributed by atoms with E-state index in [1.165, 1.54) is 30.9 Å². The summed E-state index contributed by atoms with van der Waals surface area (Å²) in [6, 6.07) is 11.3. The van der Waals surface area contributed by atoms with Gasteiger partial charge in [0.15, 0.2) is 0 Å². The highest BCUT2D eigenvalue weighted by molar-refractivity contribution is 5.86. The number of hydrogen-bond acceptors (Lipinski definition) is 3. The Bertz CT molecular complexity index is 1110. The zero-order valence-corrected chi connectivity index (χ0v) is 14.7. The van der Waals surface area contributed by atoms with Crippen LogP contribution in [-0.4, -0.2) is 9.97 Å². The van der Waals surface area contributed by atoms with Crippen molar-refractivity contribution in [3.8, 4) is 6.07 Å². The fraction of sp³-hybridized carbons (Fsp3) is 0.364. The molecule has 0 radical (unpaired) electrons. The molecule has 2 saturated carbocycles. The number of benzene rings is 2. The third-order valence-electron chi connectivity index (χ3n) is 7.11. The summed E-state index contributed by atoms with van der Waals surface area (Å²) in [6.45, 7) is 0. The van der Waals surface area contributed by atoms with Crippen LogP contribution >= 0.6 is 0 Å². The number of aromatic amines is 1. The van der Waals surface area contributed by atoms with Crippen LogP contribution in [0.2, 0.25) is 0 Å². The predicted molar refractivity (Wildman–Crippen MR) is 101 cm³/mol. The molecule has 6 rings (SSSR count). The summed E-state index contributed by atoms with van der Waals surface area (Å²) in [7, 11) is 0. The minimum Gasteiger partial charge on any atom is -0.378 e. The third-order valence-corrected chi connectivity index (χ3v) is 7.11. The van der Waals surface area contributed by atoms with Crippen molar-refractivity contribution in [3.63, 3.8) is 0 Å². The lowest BCUT2D eigenvalue weighted by Gasteiger charge is -2.43. The summed E-state index contributed by atoms with van der Waals surface area (Å²) in [5.41, 5.74) is 5.80. The van der Waals surface area contributed by atoms with Crippen LogP contribution in [0.3, 0.4) is 0 Å². The van der Waals surface area contributed by atoms with Gasteiger partial charge < -0.3 is 10.3 Å². The fourth-order valence-corrected chi connectivity index (χ4v) is 6.13. The number of nitriles is 1. The molecule has 1 aliphatic heterocycles.